The molecule has 1 saturated heterocycles. The molecule has 38 heavy (non-hydrogen) atoms. The SMILES string of the molecule is CCC=CC(F)=C(F)c1ccc(C2COC(C3CCC(CCc4cc(F)c(F)c(F)c4)CC3)OC2)c(F)c1. The summed E-state index contributed by atoms with van der Waals surface area (Å²) in [5, 5.41) is 0. The largest absolute Gasteiger partial charge is 0.352 e. The maximum atomic E-state index is 14.8. The zero-order chi connectivity index (χ0) is 27.2. The van der Waals surface area contributed by atoms with Crippen LogP contribution in [0.5, 0.6) is 0 Å². The van der Waals surface area contributed by atoms with Crippen molar-refractivity contribution >= 4 is 5.83 Å². The minimum atomic E-state index is -1.44. The van der Waals surface area contributed by atoms with Gasteiger partial charge in [-0.2, -0.15) is 0 Å². The summed E-state index contributed by atoms with van der Waals surface area (Å²) >= 11 is 0. The highest BCUT2D eigenvalue weighted by atomic mass is 19.2. The first-order valence-electron chi connectivity index (χ1n) is 13.1. The Balaban J connectivity index is 1.25. The highest BCUT2D eigenvalue weighted by molar-refractivity contribution is 5.63. The molecule has 2 aromatic rings. The molecule has 1 saturated carbocycles. The van der Waals surface area contributed by atoms with Crippen molar-refractivity contribution in [1.29, 1.82) is 0 Å². The molecule has 0 aromatic heterocycles. The van der Waals surface area contributed by atoms with Crippen LogP contribution < -0.4 is 0 Å². The minimum Gasteiger partial charge on any atom is -0.352 e. The van der Waals surface area contributed by atoms with E-state index in [1.54, 1.807) is 6.92 Å². The van der Waals surface area contributed by atoms with Gasteiger partial charge in [-0.15, -0.1) is 0 Å². The Bertz CT molecular complexity index is 1140. The van der Waals surface area contributed by atoms with E-state index in [9.17, 15) is 26.3 Å². The lowest BCUT2D eigenvalue weighted by Crippen LogP contribution is -2.38. The summed E-state index contributed by atoms with van der Waals surface area (Å²) < 4.78 is 94.8. The molecule has 1 heterocycles. The average molecular weight is 539 g/mol. The Labute approximate surface area is 219 Å². The summed E-state index contributed by atoms with van der Waals surface area (Å²) in [5.74, 6) is -6.33. The van der Waals surface area contributed by atoms with Gasteiger partial charge in [0.05, 0.1) is 13.2 Å². The average Bonchev–Trinajstić information content (AvgIpc) is 2.93. The number of rotatable bonds is 8. The first kappa shape index (κ1) is 28.4. The van der Waals surface area contributed by atoms with E-state index in [4.69, 9.17) is 9.47 Å². The molecule has 8 heteroatoms. The third-order valence-corrected chi connectivity index (χ3v) is 7.49. The second kappa shape index (κ2) is 13.0. The molecule has 2 aromatic carbocycles. The molecular formula is C30H32F6O2. The van der Waals surface area contributed by atoms with Crippen molar-refractivity contribution in [3.05, 3.63) is 88.3 Å². The Hall–Kier alpha value is -2.58. The van der Waals surface area contributed by atoms with E-state index in [-0.39, 0.29) is 30.6 Å². The first-order valence-corrected chi connectivity index (χ1v) is 13.1. The second-order valence-electron chi connectivity index (χ2n) is 10.1. The second-order valence-corrected chi connectivity index (χ2v) is 10.1. The van der Waals surface area contributed by atoms with Gasteiger partial charge in [-0.25, -0.2) is 26.3 Å². The fourth-order valence-electron chi connectivity index (χ4n) is 5.27. The molecule has 2 nitrogen and oxygen atoms in total. The van der Waals surface area contributed by atoms with Crippen LogP contribution in [-0.4, -0.2) is 19.5 Å². The minimum absolute atomic E-state index is 0.161. The molecule has 0 spiro atoms. The van der Waals surface area contributed by atoms with E-state index in [0.29, 0.717) is 29.9 Å². The molecule has 4 rings (SSSR count). The standard InChI is InChI=1S/C30H32F6O2/c1-2-3-4-24(31)28(35)21-11-12-23(25(32)15-21)22-16-37-30(38-17-22)20-9-7-18(8-10-20)5-6-19-13-26(33)29(36)27(34)14-19/h3-4,11-15,18,20,22,30H,2,5-10,16-17H2,1H3. The zero-order valence-corrected chi connectivity index (χ0v) is 21.3. The summed E-state index contributed by atoms with van der Waals surface area (Å²) in [4.78, 5) is 0. The Morgan fingerprint density at radius 2 is 1.55 bits per heavy atom. The van der Waals surface area contributed by atoms with Gasteiger partial charge in [-0.05, 0) is 86.3 Å². The molecule has 0 unspecified atom stereocenters. The van der Waals surface area contributed by atoms with Crippen LogP contribution in [0.1, 0.15) is 68.1 Å². The molecule has 2 aliphatic rings. The summed E-state index contributed by atoms with van der Waals surface area (Å²) in [6, 6.07) is 5.90. The van der Waals surface area contributed by atoms with Gasteiger partial charge in [-0.1, -0.05) is 25.1 Å². The van der Waals surface area contributed by atoms with E-state index in [1.165, 1.54) is 18.2 Å². The van der Waals surface area contributed by atoms with Crippen molar-refractivity contribution in [3.8, 4) is 0 Å². The number of benzene rings is 2. The Kier molecular flexibility index (Phi) is 9.71. The van der Waals surface area contributed by atoms with Gasteiger partial charge in [0.25, 0.3) is 0 Å². The topological polar surface area (TPSA) is 18.5 Å². The molecule has 0 N–H and O–H groups in total. The predicted octanol–water partition coefficient (Wildman–Crippen LogP) is 8.71. The molecular weight excluding hydrogens is 506 g/mol. The molecule has 0 amide bonds. The van der Waals surface area contributed by atoms with E-state index in [1.807, 2.05) is 0 Å². The highest BCUT2D eigenvalue weighted by Gasteiger charge is 2.33. The molecule has 1 aliphatic carbocycles. The quantitative estimate of drug-likeness (QED) is 0.190. The molecule has 206 valence electrons. The Morgan fingerprint density at radius 1 is 0.895 bits per heavy atom. The monoisotopic (exact) mass is 538 g/mol. The van der Waals surface area contributed by atoms with Crippen LogP contribution >= 0.6 is 0 Å². The van der Waals surface area contributed by atoms with Crippen molar-refractivity contribution < 1.29 is 35.8 Å². The van der Waals surface area contributed by atoms with Crippen LogP contribution in [-0.2, 0) is 15.9 Å². The van der Waals surface area contributed by atoms with Gasteiger partial charge < -0.3 is 9.47 Å². The number of ether oxygens (including phenoxy) is 2. The van der Waals surface area contributed by atoms with Gasteiger partial charge in [0.1, 0.15) is 5.82 Å². The maximum absolute atomic E-state index is 14.8. The number of halogens is 6. The summed E-state index contributed by atoms with van der Waals surface area (Å²) in [6.07, 6.45) is 7.50. The number of allylic oxidation sites excluding steroid dienone is 3. The molecule has 1 aliphatic heterocycles. The van der Waals surface area contributed by atoms with Gasteiger partial charge >= 0.3 is 0 Å². The summed E-state index contributed by atoms with van der Waals surface area (Å²) in [7, 11) is 0. The molecule has 0 radical (unpaired) electrons. The third-order valence-electron chi connectivity index (χ3n) is 7.49. The normalized spacial score (nSPS) is 25.0. The van der Waals surface area contributed by atoms with Crippen LogP contribution in [0, 0.1) is 35.1 Å². The molecule has 2 fully saturated rings. The van der Waals surface area contributed by atoms with E-state index >= 15 is 0 Å². The van der Waals surface area contributed by atoms with E-state index < -0.39 is 41.2 Å². The third kappa shape index (κ3) is 6.89. The fraction of sp³-hybridized carbons (Fsp3) is 0.467. The van der Waals surface area contributed by atoms with Crippen LogP contribution in [0.2, 0.25) is 0 Å². The van der Waals surface area contributed by atoms with Crippen molar-refractivity contribution in [1.82, 2.24) is 0 Å². The van der Waals surface area contributed by atoms with Crippen molar-refractivity contribution in [2.24, 2.45) is 11.8 Å². The maximum Gasteiger partial charge on any atom is 0.194 e. The highest BCUT2D eigenvalue weighted by Crippen LogP contribution is 2.37. The van der Waals surface area contributed by atoms with Crippen LogP contribution in [0.25, 0.3) is 5.83 Å². The van der Waals surface area contributed by atoms with Crippen molar-refractivity contribution in [2.75, 3.05) is 13.2 Å². The lowest BCUT2D eigenvalue weighted by Gasteiger charge is -2.37. The lowest BCUT2D eigenvalue weighted by molar-refractivity contribution is -0.218. The van der Waals surface area contributed by atoms with Crippen molar-refractivity contribution in [3.63, 3.8) is 0 Å². The van der Waals surface area contributed by atoms with Crippen LogP contribution in [0.3, 0.4) is 0 Å². The lowest BCUT2D eigenvalue weighted by atomic mass is 9.79. The smallest absolute Gasteiger partial charge is 0.194 e. The summed E-state index contributed by atoms with van der Waals surface area (Å²) in [5.41, 5.74) is 0.624. The number of aryl methyl sites for hydroxylation is 1. The molecule has 0 atom stereocenters. The predicted molar refractivity (Wildman–Crippen MR) is 133 cm³/mol. The zero-order valence-electron chi connectivity index (χ0n) is 21.3. The number of hydrogen-bond donors (Lipinski definition) is 0. The fourth-order valence-corrected chi connectivity index (χ4v) is 5.27. The van der Waals surface area contributed by atoms with Gasteiger partial charge in [0.2, 0.25) is 0 Å². The van der Waals surface area contributed by atoms with Gasteiger partial charge in [0, 0.05) is 17.4 Å². The van der Waals surface area contributed by atoms with E-state index in [2.05, 4.69) is 0 Å². The van der Waals surface area contributed by atoms with Crippen LogP contribution in [0.4, 0.5) is 26.3 Å². The number of hydrogen-bond acceptors (Lipinski definition) is 2. The molecule has 0 bridgehead atoms. The Morgan fingerprint density at radius 3 is 2.16 bits per heavy atom. The van der Waals surface area contributed by atoms with Crippen molar-refractivity contribution in [2.45, 2.75) is 64.1 Å². The van der Waals surface area contributed by atoms with Crippen LogP contribution in [0.15, 0.2) is 48.3 Å². The van der Waals surface area contributed by atoms with Gasteiger partial charge in [0.15, 0.2) is 35.4 Å². The van der Waals surface area contributed by atoms with Gasteiger partial charge in [-0.3, -0.25) is 0 Å². The van der Waals surface area contributed by atoms with E-state index in [0.717, 1.165) is 56.4 Å². The first-order chi connectivity index (χ1) is 18.3. The summed E-state index contributed by atoms with van der Waals surface area (Å²) in [6.45, 7) is 2.31.